The van der Waals surface area contributed by atoms with Crippen molar-refractivity contribution in [3.05, 3.63) is 47.0 Å². The molecule has 0 unspecified atom stereocenters. The van der Waals surface area contributed by atoms with Crippen molar-refractivity contribution in [2.24, 2.45) is 0 Å². The van der Waals surface area contributed by atoms with E-state index in [-0.39, 0.29) is 0 Å². The highest BCUT2D eigenvalue weighted by atomic mass is 14.1. The summed E-state index contributed by atoms with van der Waals surface area (Å²) in [7, 11) is 0. The lowest BCUT2D eigenvalue weighted by molar-refractivity contribution is 0.948. The first kappa shape index (κ1) is 7.60. The Morgan fingerprint density at radius 1 is 1.00 bits per heavy atom. The highest BCUT2D eigenvalue weighted by Crippen LogP contribution is 2.19. The van der Waals surface area contributed by atoms with Crippen LogP contribution in [0, 0.1) is 0 Å². The van der Waals surface area contributed by atoms with Crippen LogP contribution in [0.1, 0.15) is 24.5 Å². The molecule has 0 heteroatoms. The molecular weight excluding hydrogens is 144 g/mol. The van der Waals surface area contributed by atoms with Gasteiger partial charge in [0.2, 0.25) is 0 Å². The van der Waals surface area contributed by atoms with Crippen molar-refractivity contribution < 1.29 is 0 Å². The van der Waals surface area contributed by atoms with E-state index in [0.717, 1.165) is 6.42 Å². The molecule has 0 N–H and O–H groups in total. The van der Waals surface area contributed by atoms with Gasteiger partial charge >= 0.3 is 0 Å². The SMILES string of the molecule is CC1=CCc2ccccc2CC1. The number of rotatable bonds is 0. The summed E-state index contributed by atoms with van der Waals surface area (Å²) in [5.41, 5.74) is 4.58. The first-order valence-electron chi connectivity index (χ1n) is 4.58. The molecule has 0 radical (unpaired) electrons. The van der Waals surface area contributed by atoms with Gasteiger partial charge in [0.15, 0.2) is 0 Å². The molecule has 0 aromatic heterocycles. The van der Waals surface area contributed by atoms with E-state index in [0.29, 0.717) is 0 Å². The van der Waals surface area contributed by atoms with Gasteiger partial charge in [-0.3, -0.25) is 0 Å². The quantitative estimate of drug-likeness (QED) is 0.509. The molecule has 0 heterocycles. The van der Waals surface area contributed by atoms with E-state index in [4.69, 9.17) is 0 Å². The summed E-state index contributed by atoms with van der Waals surface area (Å²) in [6.45, 7) is 2.23. The maximum absolute atomic E-state index is 2.35. The van der Waals surface area contributed by atoms with Crippen LogP contribution in [-0.2, 0) is 12.8 Å². The third kappa shape index (κ3) is 1.42. The molecule has 1 aliphatic rings. The summed E-state index contributed by atoms with van der Waals surface area (Å²) in [5, 5.41) is 0. The van der Waals surface area contributed by atoms with Crippen LogP contribution < -0.4 is 0 Å². The van der Waals surface area contributed by atoms with E-state index in [9.17, 15) is 0 Å². The minimum absolute atomic E-state index is 1.13. The molecule has 62 valence electrons. The summed E-state index contributed by atoms with van der Waals surface area (Å²) >= 11 is 0. The van der Waals surface area contributed by atoms with Crippen LogP contribution in [0.5, 0.6) is 0 Å². The molecule has 0 saturated heterocycles. The van der Waals surface area contributed by atoms with Crippen molar-refractivity contribution in [2.75, 3.05) is 0 Å². The van der Waals surface area contributed by atoms with Gasteiger partial charge in [-0.25, -0.2) is 0 Å². The number of aryl methyl sites for hydroxylation is 1. The molecule has 0 spiro atoms. The van der Waals surface area contributed by atoms with Gasteiger partial charge in [0, 0.05) is 0 Å². The lowest BCUT2D eigenvalue weighted by atomic mass is 10.0. The molecule has 0 aliphatic heterocycles. The molecule has 0 fully saturated rings. The first-order valence-corrected chi connectivity index (χ1v) is 4.58. The lowest BCUT2D eigenvalue weighted by Gasteiger charge is -2.02. The molecule has 1 aromatic carbocycles. The van der Waals surface area contributed by atoms with E-state index in [1.807, 2.05) is 0 Å². The summed E-state index contributed by atoms with van der Waals surface area (Å²) in [4.78, 5) is 0. The predicted molar refractivity (Wildman–Crippen MR) is 52.2 cm³/mol. The number of hydrogen-bond donors (Lipinski definition) is 0. The summed E-state index contributed by atoms with van der Waals surface area (Å²) in [5.74, 6) is 0. The normalized spacial score (nSPS) is 16.2. The molecule has 12 heavy (non-hydrogen) atoms. The number of hydrogen-bond acceptors (Lipinski definition) is 0. The second-order valence-electron chi connectivity index (χ2n) is 3.52. The Labute approximate surface area is 73.9 Å². The summed E-state index contributed by atoms with van der Waals surface area (Å²) < 4.78 is 0. The van der Waals surface area contributed by atoms with Crippen molar-refractivity contribution in [1.82, 2.24) is 0 Å². The molecular formula is C12H14. The number of allylic oxidation sites excluding steroid dienone is 2. The van der Waals surface area contributed by atoms with Crippen molar-refractivity contribution >= 4 is 0 Å². The summed E-state index contributed by atoms with van der Waals surface area (Å²) in [6, 6.07) is 8.76. The van der Waals surface area contributed by atoms with Crippen molar-refractivity contribution in [2.45, 2.75) is 26.2 Å². The number of fused-ring (bicyclic) bond motifs is 1. The average molecular weight is 158 g/mol. The van der Waals surface area contributed by atoms with Crippen LogP contribution in [0.4, 0.5) is 0 Å². The zero-order valence-corrected chi connectivity index (χ0v) is 7.51. The van der Waals surface area contributed by atoms with E-state index >= 15 is 0 Å². The maximum atomic E-state index is 2.35. The fourth-order valence-electron chi connectivity index (χ4n) is 1.72. The maximum Gasteiger partial charge on any atom is -0.00921 e. The van der Waals surface area contributed by atoms with Gasteiger partial charge in [0.1, 0.15) is 0 Å². The highest BCUT2D eigenvalue weighted by Gasteiger charge is 2.04. The molecule has 1 aromatic rings. The Morgan fingerprint density at radius 2 is 1.75 bits per heavy atom. The van der Waals surface area contributed by atoms with Gasteiger partial charge in [-0.1, -0.05) is 35.9 Å². The lowest BCUT2D eigenvalue weighted by Crippen LogP contribution is -1.88. The fourth-order valence-corrected chi connectivity index (χ4v) is 1.72. The Hall–Kier alpha value is -1.04. The van der Waals surface area contributed by atoms with Gasteiger partial charge < -0.3 is 0 Å². The van der Waals surface area contributed by atoms with Crippen LogP contribution >= 0.6 is 0 Å². The van der Waals surface area contributed by atoms with Crippen LogP contribution in [0.3, 0.4) is 0 Å². The smallest absolute Gasteiger partial charge is 0.00921 e. The Balaban J connectivity index is 2.35. The fraction of sp³-hybridized carbons (Fsp3) is 0.333. The Morgan fingerprint density at radius 3 is 2.58 bits per heavy atom. The highest BCUT2D eigenvalue weighted by molar-refractivity contribution is 5.32. The second kappa shape index (κ2) is 3.14. The monoisotopic (exact) mass is 158 g/mol. The average Bonchev–Trinajstić information content (AvgIpc) is 2.29. The van der Waals surface area contributed by atoms with E-state index in [1.165, 1.54) is 29.5 Å². The van der Waals surface area contributed by atoms with Crippen molar-refractivity contribution in [1.29, 1.82) is 0 Å². The van der Waals surface area contributed by atoms with Crippen molar-refractivity contribution in [3.8, 4) is 0 Å². The molecule has 0 nitrogen and oxygen atoms in total. The zero-order chi connectivity index (χ0) is 8.39. The van der Waals surface area contributed by atoms with E-state index in [1.54, 1.807) is 0 Å². The van der Waals surface area contributed by atoms with Gasteiger partial charge in [-0.2, -0.15) is 0 Å². The predicted octanol–water partition coefficient (Wildman–Crippen LogP) is 3.12. The van der Waals surface area contributed by atoms with Crippen LogP contribution in [0.25, 0.3) is 0 Å². The minimum atomic E-state index is 1.13. The minimum Gasteiger partial charge on any atom is -0.0812 e. The Kier molecular flexibility index (Phi) is 1.99. The first-order chi connectivity index (χ1) is 5.86. The third-order valence-corrected chi connectivity index (χ3v) is 2.58. The molecule has 2 rings (SSSR count). The molecule has 1 aliphatic carbocycles. The standard InChI is InChI=1S/C12H14/c1-10-6-8-11-4-2-3-5-12(11)9-7-10/h2-6H,7-9H2,1H3. The molecule has 0 bridgehead atoms. The van der Waals surface area contributed by atoms with E-state index in [2.05, 4.69) is 37.3 Å². The van der Waals surface area contributed by atoms with E-state index < -0.39 is 0 Å². The largest absolute Gasteiger partial charge is 0.0812 e. The van der Waals surface area contributed by atoms with Crippen LogP contribution in [-0.4, -0.2) is 0 Å². The van der Waals surface area contributed by atoms with Gasteiger partial charge in [-0.05, 0) is 37.3 Å². The molecule has 0 amide bonds. The Bertz CT molecular complexity index is 308. The second-order valence-corrected chi connectivity index (χ2v) is 3.52. The van der Waals surface area contributed by atoms with Gasteiger partial charge in [-0.15, -0.1) is 0 Å². The van der Waals surface area contributed by atoms with Gasteiger partial charge in [0.25, 0.3) is 0 Å². The van der Waals surface area contributed by atoms with Crippen LogP contribution in [0.15, 0.2) is 35.9 Å². The third-order valence-electron chi connectivity index (χ3n) is 2.58. The molecule has 0 atom stereocenters. The molecule has 0 saturated carbocycles. The topological polar surface area (TPSA) is 0 Å². The van der Waals surface area contributed by atoms with Gasteiger partial charge in [0.05, 0.1) is 0 Å². The van der Waals surface area contributed by atoms with Crippen LogP contribution in [0.2, 0.25) is 0 Å². The summed E-state index contributed by atoms with van der Waals surface area (Å²) in [6.07, 6.45) is 5.93. The number of benzene rings is 1. The van der Waals surface area contributed by atoms with Crippen molar-refractivity contribution in [3.63, 3.8) is 0 Å². The zero-order valence-electron chi connectivity index (χ0n) is 7.51.